The van der Waals surface area contributed by atoms with E-state index < -0.39 is 24.0 Å². The Hall–Kier alpha value is -2.34. The number of thiophene rings is 1. The maximum Gasteiger partial charge on any atom is 0.372 e. The Morgan fingerprint density at radius 2 is 1.76 bits per heavy atom. The summed E-state index contributed by atoms with van der Waals surface area (Å²) in [6.07, 6.45) is -0.219. The molecule has 21 heavy (non-hydrogen) atoms. The fourth-order valence-electron chi connectivity index (χ4n) is 1.83. The van der Waals surface area contributed by atoms with E-state index in [-0.39, 0.29) is 5.82 Å². The number of ketones is 2. The zero-order valence-electron chi connectivity index (χ0n) is 10.8. The van der Waals surface area contributed by atoms with E-state index >= 15 is 0 Å². The summed E-state index contributed by atoms with van der Waals surface area (Å²) in [6.45, 7) is 0. The molecule has 0 amide bonds. The molecule has 6 heteroatoms. The standard InChI is InChI=1S/C15H11FO4S/c16-10-3-1-9(2-4-10)7-14-11(5-6-21-14)12(17)8-13(18)15(19)20/h1-6H,7-8H2,(H,19,20). The van der Waals surface area contributed by atoms with Crippen molar-refractivity contribution in [3.05, 3.63) is 57.5 Å². The summed E-state index contributed by atoms with van der Waals surface area (Å²) in [6, 6.07) is 7.47. The minimum absolute atomic E-state index is 0.340. The van der Waals surface area contributed by atoms with E-state index in [0.29, 0.717) is 12.0 Å². The van der Waals surface area contributed by atoms with Crippen molar-refractivity contribution in [1.82, 2.24) is 0 Å². The summed E-state index contributed by atoms with van der Waals surface area (Å²) in [5.41, 5.74) is 1.18. The Morgan fingerprint density at radius 3 is 2.38 bits per heavy atom. The topological polar surface area (TPSA) is 71.4 Å². The van der Waals surface area contributed by atoms with E-state index in [1.165, 1.54) is 23.5 Å². The molecule has 0 unspecified atom stereocenters. The lowest BCUT2D eigenvalue weighted by molar-refractivity contribution is -0.148. The average molecular weight is 306 g/mol. The van der Waals surface area contributed by atoms with E-state index in [1.807, 2.05) is 0 Å². The van der Waals surface area contributed by atoms with Gasteiger partial charge >= 0.3 is 5.97 Å². The van der Waals surface area contributed by atoms with E-state index in [2.05, 4.69) is 0 Å². The van der Waals surface area contributed by atoms with Crippen molar-refractivity contribution in [3.8, 4) is 0 Å². The van der Waals surface area contributed by atoms with Gasteiger partial charge in [-0.05, 0) is 29.1 Å². The van der Waals surface area contributed by atoms with Gasteiger partial charge in [0, 0.05) is 16.9 Å². The van der Waals surface area contributed by atoms with E-state index in [0.717, 1.165) is 10.4 Å². The number of carboxylic acid groups (broad SMARTS) is 1. The van der Waals surface area contributed by atoms with Gasteiger partial charge in [-0.1, -0.05) is 12.1 Å². The van der Waals surface area contributed by atoms with Gasteiger partial charge in [-0.15, -0.1) is 11.3 Å². The largest absolute Gasteiger partial charge is 0.475 e. The summed E-state index contributed by atoms with van der Waals surface area (Å²) in [7, 11) is 0. The number of carboxylic acids is 1. The highest BCUT2D eigenvalue weighted by atomic mass is 32.1. The van der Waals surface area contributed by atoms with Gasteiger partial charge in [0.2, 0.25) is 5.78 Å². The molecule has 2 rings (SSSR count). The summed E-state index contributed by atoms with van der Waals surface area (Å²) in [5, 5.41) is 10.2. The van der Waals surface area contributed by atoms with Gasteiger partial charge in [0.25, 0.3) is 0 Å². The molecule has 1 aromatic carbocycles. The normalized spacial score (nSPS) is 10.3. The van der Waals surface area contributed by atoms with Crippen molar-refractivity contribution < 1.29 is 23.9 Å². The van der Waals surface area contributed by atoms with Crippen molar-refractivity contribution in [2.75, 3.05) is 0 Å². The van der Waals surface area contributed by atoms with Crippen LogP contribution in [0.25, 0.3) is 0 Å². The minimum Gasteiger partial charge on any atom is -0.475 e. The monoisotopic (exact) mass is 306 g/mol. The highest BCUT2D eigenvalue weighted by molar-refractivity contribution is 7.10. The van der Waals surface area contributed by atoms with Crippen LogP contribution in [0.2, 0.25) is 0 Å². The lowest BCUT2D eigenvalue weighted by Gasteiger charge is -2.03. The third kappa shape index (κ3) is 3.82. The van der Waals surface area contributed by atoms with Crippen LogP contribution in [0, 0.1) is 5.82 Å². The van der Waals surface area contributed by atoms with Crippen LogP contribution in [0.4, 0.5) is 4.39 Å². The first-order chi connectivity index (χ1) is 9.97. The Labute approximate surface area is 123 Å². The summed E-state index contributed by atoms with van der Waals surface area (Å²) in [4.78, 5) is 34.2. The molecule has 0 fully saturated rings. The van der Waals surface area contributed by atoms with Crippen molar-refractivity contribution in [3.63, 3.8) is 0 Å². The number of benzene rings is 1. The number of hydrogen-bond acceptors (Lipinski definition) is 4. The fraction of sp³-hybridized carbons (Fsp3) is 0.133. The highest BCUT2D eigenvalue weighted by Gasteiger charge is 2.20. The minimum atomic E-state index is -1.61. The number of carbonyl (C=O) groups is 3. The molecular weight excluding hydrogens is 295 g/mol. The van der Waals surface area contributed by atoms with Crippen LogP contribution in [-0.2, 0) is 16.0 Å². The molecule has 0 aliphatic rings. The quantitative estimate of drug-likeness (QED) is 0.506. The molecule has 4 nitrogen and oxygen atoms in total. The predicted molar refractivity (Wildman–Crippen MR) is 75.1 cm³/mol. The molecule has 1 aromatic heterocycles. The number of halogens is 1. The fourth-order valence-corrected chi connectivity index (χ4v) is 2.76. The van der Waals surface area contributed by atoms with Crippen LogP contribution in [0.3, 0.4) is 0 Å². The van der Waals surface area contributed by atoms with E-state index in [1.54, 1.807) is 23.6 Å². The van der Waals surface area contributed by atoms with E-state index in [4.69, 9.17) is 5.11 Å². The van der Waals surface area contributed by atoms with Crippen molar-refractivity contribution in [2.45, 2.75) is 12.8 Å². The van der Waals surface area contributed by atoms with Gasteiger partial charge in [0.15, 0.2) is 5.78 Å². The first-order valence-electron chi connectivity index (χ1n) is 6.07. The molecule has 0 saturated heterocycles. The Morgan fingerprint density at radius 1 is 1.10 bits per heavy atom. The first kappa shape index (κ1) is 15.1. The van der Waals surface area contributed by atoms with Gasteiger partial charge in [-0.25, -0.2) is 9.18 Å². The Balaban J connectivity index is 2.14. The van der Waals surface area contributed by atoms with Gasteiger partial charge in [0.1, 0.15) is 5.82 Å². The predicted octanol–water partition coefficient (Wildman–Crippen LogP) is 2.70. The number of Topliss-reactive ketones (excluding diaryl/α,β-unsaturated/α-hetero) is 2. The molecule has 1 heterocycles. The molecule has 0 bridgehead atoms. The van der Waals surface area contributed by atoms with Gasteiger partial charge < -0.3 is 5.11 Å². The number of rotatable bonds is 6. The van der Waals surface area contributed by atoms with Crippen molar-refractivity contribution in [2.24, 2.45) is 0 Å². The summed E-state index contributed by atoms with van der Waals surface area (Å²) in [5.74, 6) is -3.59. The zero-order valence-corrected chi connectivity index (χ0v) is 11.7. The van der Waals surface area contributed by atoms with E-state index in [9.17, 15) is 18.8 Å². The van der Waals surface area contributed by atoms with Crippen LogP contribution in [0.5, 0.6) is 0 Å². The molecule has 0 aliphatic heterocycles. The lowest BCUT2D eigenvalue weighted by atomic mass is 10.0. The number of aliphatic carboxylic acids is 1. The third-order valence-corrected chi connectivity index (χ3v) is 3.80. The van der Waals surface area contributed by atoms with Crippen LogP contribution in [0.15, 0.2) is 35.7 Å². The first-order valence-corrected chi connectivity index (χ1v) is 6.95. The third-order valence-electron chi connectivity index (χ3n) is 2.88. The second kappa shape index (κ2) is 6.41. The summed E-state index contributed by atoms with van der Waals surface area (Å²) >= 11 is 1.34. The molecule has 0 atom stereocenters. The Bertz CT molecular complexity index is 688. The highest BCUT2D eigenvalue weighted by Crippen LogP contribution is 2.22. The van der Waals surface area contributed by atoms with Crippen LogP contribution in [-0.4, -0.2) is 22.6 Å². The maximum atomic E-state index is 12.8. The van der Waals surface area contributed by atoms with Gasteiger partial charge in [0.05, 0.1) is 6.42 Å². The van der Waals surface area contributed by atoms with Gasteiger partial charge in [-0.3, -0.25) is 9.59 Å². The maximum absolute atomic E-state index is 12.8. The lowest BCUT2D eigenvalue weighted by Crippen LogP contribution is -2.17. The van der Waals surface area contributed by atoms with Crippen LogP contribution >= 0.6 is 11.3 Å². The SMILES string of the molecule is O=C(O)C(=O)CC(=O)c1ccsc1Cc1ccc(F)cc1. The van der Waals surface area contributed by atoms with Crippen LogP contribution < -0.4 is 0 Å². The number of hydrogen-bond donors (Lipinski definition) is 1. The van der Waals surface area contributed by atoms with Gasteiger partial charge in [-0.2, -0.15) is 0 Å². The smallest absolute Gasteiger partial charge is 0.372 e. The Kier molecular flexibility index (Phi) is 4.59. The molecule has 0 spiro atoms. The average Bonchev–Trinajstić information content (AvgIpc) is 2.89. The molecule has 0 radical (unpaired) electrons. The zero-order chi connectivity index (χ0) is 15.4. The van der Waals surface area contributed by atoms with Crippen molar-refractivity contribution in [1.29, 1.82) is 0 Å². The van der Waals surface area contributed by atoms with Crippen LogP contribution in [0.1, 0.15) is 27.2 Å². The molecule has 108 valence electrons. The molecule has 0 aliphatic carbocycles. The molecule has 2 aromatic rings. The van der Waals surface area contributed by atoms with Crippen molar-refractivity contribution >= 4 is 28.9 Å². The number of carbonyl (C=O) groups excluding carboxylic acids is 2. The second-order valence-electron chi connectivity index (χ2n) is 4.39. The summed E-state index contributed by atoms with van der Waals surface area (Å²) < 4.78 is 12.8. The second-order valence-corrected chi connectivity index (χ2v) is 5.39. The molecule has 1 N–H and O–H groups in total. The molecule has 0 saturated carbocycles. The molecular formula is C15H11FO4S.